The molecular weight excluding hydrogens is 348 g/mol. The molecule has 0 spiro atoms. The lowest BCUT2D eigenvalue weighted by atomic mass is 10.2. The summed E-state index contributed by atoms with van der Waals surface area (Å²) in [5.74, 6) is 0.845. The Morgan fingerprint density at radius 2 is 2.00 bits per heavy atom. The van der Waals surface area contributed by atoms with E-state index in [1.165, 1.54) is 5.69 Å². The standard InChI is InChI=1S/C19H18N6.ClH/c1-2-5-17-14(4-1)10-15(13-22-17)24-9-7-21-19(24)18-11-16-12-20-6-3-8-25(16)23-18;/h1-2,4-5,7,9-11,13,20H,3,6,8,12H2;1H. The van der Waals surface area contributed by atoms with Gasteiger partial charge in [-0.25, -0.2) is 4.98 Å². The number of benzene rings is 1. The van der Waals surface area contributed by atoms with Crippen molar-refractivity contribution in [1.82, 2.24) is 29.6 Å². The summed E-state index contributed by atoms with van der Waals surface area (Å²) in [4.78, 5) is 9.11. The summed E-state index contributed by atoms with van der Waals surface area (Å²) in [6.45, 7) is 2.84. The summed E-state index contributed by atoms with van der Waals surface area (Å²) in [6, 6.07) is 12.4. The van der Waals surface area contributed by atoms with Crippen LogP contribution < -0.4 is 5.32 Å². The average molecular weight is 367 g/mol. The van der Waals surface area contributed by atoms with Gasteiger partial charge in [-0.15, -0.1) is 12.4 Å². The van der Waals surface area contributed by atoms with Crippen molar-refractivity contribution >= 4 is 23.3 Å². The highest BCUT2D eigenvalue weighted by atomic mass is 35.5. The molecule has 0 unspecified atom stereocenters. The molecule has 0 saturated carbocycles. The zero-order valence-corrected chi connectivity index (χ0v) is 15.0. The number of para-hydroxylation sites is 1. The lowest BCUT2D eigenvalue weighted by Gasteiger charge is -2.07. The Balaban J connectivity index is 0.00000168. The fourth-order valence-corrected chi connectivity index (χ4v) is 3.36. The van der Waals surface area contributed by atoms with E-state index < -0.39 is 0 Å². The Labute approximate surface area is 157 Å². The van der Waals surface area contributed by atoms with Crippen LogP contribution in [0.25, 0.3) is 28.1 Å². The van der Waals surface area contributed by atoms with E-state index in [1.807, 2.05) is 36.8 Å². The Bertz CT molecular complexity index is 1030. The molecule has 7 heteroatoms. The largest absolute Gasteiger partial charge is 0.311 e. The van der Waals surface area contributed by atoms with Crippen molar-refractivity contribution in [1.29, 1.82) is 0 Å². The van der Waals surface area contributed by atoms with Crippen LogP contribution in [-0.4, -0.2) is 30.9 Å². The second-order valence-electron chi connectivity index (χ2n) is 6.28. The number of halogens is 1. The summed E-state index contributed by atoms with van der Waals surface area (Å²) >= 11 is 0. The molecule has 0 radical (unpaired) electrons. The van der Waals surface area contributed by atoms with Crippen LogP contribution in [0, 0.1) is 0 Å². The number of pyridine rings is 1. The van der Waals surface area contributed by atoms with Gasteiger partial charge < -0.3 is 5.32 Å². The molecule has 1 aliphatic rings. The summed E-state index contributed by atoms with van der Waals surface area (Å²) in [6.07, 6.45) is 6.75. The van der Waals surface area contributed by atoms with E-state index in [4.69, 9.17) is 5.10 Å². The quantitative estimate of drug-likeness (QED) is 0.592. The van der Waals surface area contributed by atoms with Crippen molar-refractivity contribution < 1.29 is 0 Å². The number of aryl methyl sites for hydroxylation is 1. The first-order valence-corrected chi connectivity index (χ1v) is 8.55. The number of aromatic nitrogens is 5. The van der Waals surface area contributed by atoms with Gasteiger partial charge in [0.2, 0.25) is 0 Å². The van der Waals surface area contributed by atoms with Gasteiger partial charge in [0.25, 0.3) is 0 Å². The van der Waals surface area contributed by atoms with E-state index >= 15 is 0 Å². The van der Waals surface area contributed by atoms with Gasteiger partial charge in [-0.05, 0) is 31.2 Å². The fraction of sp³-hybridized carbons (Fsp3) is 0.211. The number of nitrogens with zero attached hydrogens (tertiary/aromatic N) is 5. The highest BCUT2D eigenvalue weighted by Gasteiger charge is 2.16. The number of fused-ring (bicyclic) bond motifs is 2. The molecule has 1 N–H and O–H groups in total. The molecular formula is C19H19ClN6. The molecule has 5 rings (SSSR count). The van der Waals surface area contributed by atoms with E-state index in [0.717, 1.165) is 54.2 Å². The first-order valence-electron chi connectivity index (χ1n) is 8.55. The van der Waals surface area contributed by atoms with Crippen LogP contribution >= 0.6 is 12.4 Å². The van der Waals surface area contributed by atoms with Gasteiger partial charge in [0.1, 0.15) is 5.69 Å². The molecule has 0 amide bonds. The summed E-state index contributed by atoms with van der Waals surface area (Å²) in [5.41, 5.74) is 4.09. The van der Waals surface area contributed by atoms with Crippen LogP contribution in [0.5, 0.6) is 0 Å². The third kappa shape index (κ3) is 2.87. The summed E-state index contributed by atoms with van der Waals surface area (Å²) < 4.78 is 4.14. The van der Waals surface area contributed by atoms with E-state index in [9.17, 15) is 0 Å². The first kappa shape index (κ1) is 16.8. The zero-order valence-electron chi connectivity index (χ0n) is 14.2. The highest BCUT2D eigenvalue weighted by Crippen LogP contribution is 2.23. The van der Waals surface area contributed by atoms with Crippen LogP contribution in [-0.2, 0) is 13.1 Å². The third-order valence-electron chi connectivity index (χ3n) is 4.62. The normalized spacial score (nSPS) is 13.8. The molecule has 3 aromatic heterocycles. The molecule has 0 bridgehead atoms. The van der Waals surface area contributed by atoms with Crippen molar-refractivity contribution in [2.75, 3.05) is 6.54 Å². The second-order valence-corrected chi connectivity index (χ2v) is 6.28. The van der Waals surface area contributed by atoms with Crippen molar-refractivity contribution in [3.63, 3.8) is 0 Å². The molecule has 26 heavy (non-hydrogen) atoms. The van der Waals surface area contributed by atoms with Crippen molar-refractivity contribution in [3.8, 4) is 17.2 Å². The van der Waals surface area contributed by atoms with Crippen LogP contribution in [0.2, 0.25) is 0 Å². The molecule has 4 aromatic rings. The number of hydrogen-bond donors (Lipinski definition) is 1. The zero-order chi connectivity index (χ0) is 16.6. The minimum Gasteiger partial charge on any atom is -0.311 e. The smallest absolute Gasteiger partial charge is 0.165 e. The first-order chi connectivity index (χ1) is 12.4. The summed E-state index contributed by atoms with van der Waals surface area (Å²) in [5, 5.41) is 9.32. The lowest BCUT2D eigenvalue weighted by molar-refractivity contribution is 0.588. The molecule has 0 aliphatic carbocycles. The van der Waals surface area contributed by atoms with Crippen molar-refractivity contribution in [2.45, 2.75) is 19.5 Å². The Hall–Kier alpha value is -2.70. The maximum Gasteiger partial charge on any atom is 0.165 e. The highest BCUT2D eigenvalue weighted by molar-refractivity contribution is 5.85. The van der Waals surface area contributed by atoms with Gasteiger partial charge in [0.15, 0.2) is 5.82 Å². The SMILES string of the molecule is Cl.c1ccc2ncc(-n3ccnc3-c3cc4n(n3)CCCNC4)cc2c1. The van der Waals surface area contributed by atoms with E-state index in [-0.39, 0.29) is 12.4 Å². The maximum atomic E-state index is 4.77. The van der Waals surface area contributed by atoms with Crippen LogP contribution in [0.1, 0.15) is 12.1 Å². The third-order valence-corrected chi connectivity index (χ3v) is 4.62. The van der Waals surface area contributed by atoms with Gasteiger partial charge in [-0.2, -0.15) is 5.10 Å². The van der Waals surface area contributed by atoms with Gasteiger partial charge in [-0.1, -0.05) is 18.2 Å². The number of nitrogens with one attached hydrogen (secondary N) is 1. The van der Waals surface area contributed by atoms with Crippen LogP contribution in [0.4, 0.5) is 0 Å². The predicted molar refractivity (Wildman–Crippen MR) is 104 cm³/mol. The average Bonchev–Trinajstić information content (AvgIpc) is 3.23. The molecule has 0 atom stereocenters. The van der Waals surface area contributed by atoms with E-state index in [0.29, 0.717) is 0 Å². The molecule has 0 saturated heterocycles. The van der Waals surface area contributed by atoms with Crippen molar-refractivity contribution in [2.24, 2.45) is 0 Å². The Kier molecular flexibility index (Phi) is 4.44. The molecule has 4 heterocycles. The Morgan fingerprint density at radius 3 is 2.96 bits per heavy atom. The predicted octanol–water partition coefficient (Wildman–Crippen LogP) is 3.20. The van der Waals surface area contributed by atoms with Gasteiger partial charge in [0.05, 0.1) is 23.1 Å². The molecule has 1 aromatic carbocycles. The minimum absolute atomic E-state index is 0. The summed E-state index contributed by atoms with van der Waals surface area (Å²) in [7, 11) is 0. The molecule has 6 nitrogen and oxygen atoms in total. The van der Waals surface area contributed by atoms with Gasteiger partial charge in [-0.3, -0.25) is 14.2 Å². The van der Waals surface area contributed by atoms with E-state index in [2.05, 4.69) is 42.7 Å². The second kappa shape index (κ2) is 6.90. The molecule has 132 valence electrons. The Morgan fingerprint density at radius 1 is 1.08 bits per heavy atom. The number of rotatable bonds is 2. The van der Waals surface area contributed by atoms with Crippen molar-refractivity contribution in [3.05, 3.63) is 60.7 Å². The maximum absolute atomic E-state index is 4.77. The van der Waals surface area contributed by atoms with Gasteiger partial charge in [0, 0.05) is 30.9 Å². The van der Waals surface area contributed by atoms with E-state index in [1.54, 1.807) is 0 Å². The monoisotopic (exact) mass is 366 g/mol. The fourth-order valence-electron chi connectivity index (χ4n) is 3.36. The lowest BCUT2D eigenvalue weighted by Crippen LogP contribution is -2.11. The minimum atomic E-state index is 0. The molecule has 0 fully saturated rings. The van der Waals surface area contributed by atoms with Gasteiger partial charge >= 0.3 is 0 Å². The topological polar surface area (TPSA) is 60.6 Å². The number of hydrogen-bond acceptors (Lipinski definition) is 4. The number of imidazole rings is 1. The van der Waals surface area contributed by atoms with Crippen LogP contribution in [0.15, 0.2) is 55.0 Å². The molecule has 1 aliphatic heterocycles. The van der Waals surface area contributed by atoms with Crippen LogP contribution in [0.3, 0.4) is 0 Å².